The van der Waals surface area contributed by atoms with Gasteiger partial charge < -0.3 is 5.73 Å². The fourth-order valence-corrected chi connectivity index (χ4v) is 2.11. The molecule has 1 atom stereocenters. The lowest BCUT2D eigenvalue weighted by atomic mass is 10.1. The summed E-state index contributed by atoms with van der Waals surface area (Å²) in [7, 11) is 0. The van der Waals surface area contributed by atoms with E-state index in [0.29, 0.717) is 5.92 Å². The van der Waals surface area contributed by atoms with Crippen molar-refractivity contribution >= 4 is 28.7 Å². The molecule has 1 heterocycles. The summed E-state index contributed by atoms with van der Waals surface area (Å²) in [6, 6.07) is 1.60. The number of nitrogens with zero attached hydrogens (tertiary/aromatic N) is 1. The highest BCUT2D eigenvalue weighted by atomic mass is 35.5. The summed E-state index contributed by atoms with van der Waals surface area (Å²) < 4.78 is 0. The minimum absolute atomic E-state index is 0. The Bertz CT molecular complexity index is 338. The van der Waals surface area contributed by atoms with Crippen LogP contribution < -0.4 is 5.73 Å². The van der Waals surface area contributed by atoms with E-state index in [-0.39, 0.29) is 28.4 Å². The second-order valence-electron chi connectivity index (χ2n) is 3.34. The van der Waals surface area contributed by atoms with E-state index < -0.39 is 0 Å². The second-order valence-corrected chi connectivity index (χ2v) is 4.23. The number of rotatable bonds is 3. The SMILES string of the molecule is Cl.N[C@H](c1csc([N+](=O)[O-])c1)C1CC1. The summed E-state index contributed by atoms with van der Waals surface area (Å²) >= 11 is 1.15. The van der Waals surface area contributed by atoms with Gasteiger partial charge in [0.1, 0.15) is 0 Å². The van der Waals surface area contributed by atoms with Crippen molar-refractivity contribution in [3.05, 3.63) is 27.1 Å². The van der Waals surface area contributed by atoms with Crippen molar-refractivity contribution in [3.63, 3.8) is 0 Å². The van der Waals surface area contributed by atoms with Crippen LogP contribution in [0.5, 0.6) is 0 Å². The molecule has 1 aliphatic rings. The average Bonchev–Trinajstić information content (AvgIpc) is 2.81. The molecule has 1 aliphatic carbocycles. The summed E-state index contributed by atoms with van der Waals surface area (Å²) in [5.74, 6) is 0.550. The van der Waals surface area contributed by atoms with Gasteiger partial charge in [-0.1, -0.05) is 11.3 Å². The summed E-state index contributed by atoms with van der Waals surface area (Å²) in [6.45, 7) is 0. The van der Waals surface area contributed by atoms with Gasteiger partial charge in [0, 0.05) is 17.5 Å². The molecule has 0 bridgehead atoms. The van der Waals surface area contributed by atoms with Crippen LogP contribution in [0.2, 0.25) is 0 Å². The summed E-state index contributed by atoms with van der Waals surface area (Å²) in [5, 5.41) is 12.4. The number of nitrogens with two attached hydrogens (primary N) is 1. The zero-order valence-electron chi connectivity index (χ0n) is 7.38. The molecular weight excluding hydrogens is 224 g/mol. The van der Waals surface area contributed by atoms with Crippen LogP contribution in [0.4, 0.5) is 5.00 Å². The van der Waals surface area contributed by atoms with E-state index in [1.165, 1.54) is 0 Å². The van der Waals surface area contributed by atoms with Crippen LogP contribution in [0.1, 0.15) is 24.4 Å². The predicted octanol–water partition coefficient (Wildman–Crippen LogP) is 2.49. The number of hydrogen-bond donors (Lipinski definition) is 1. The standard InChI is InChI=1S/C8H10N2O2S.ClH/c9-8(5-1-2-5)6-3-7(10(11)12)13-4-6;/h3-5,8H,1-2,9H2;1H/t8-;/m0./s1. The lowest BCUT2D eigenvalue weighted by molar-refractivity contribution is -0.380. The molecule has 0 saturated heterocycles. The monoisotopic (exact) mass is 234 g/mol. The van der Waals surface area contributed by atoms with Crippen molar-refractivity contribution < 1.29 is 4.92 Å². The zero-order valence-corrected chi connectivity index (χ0v) is 9.01. The van der Waals surface area contributed by atoms with Crippen molar-refractivity contribution in [1.82, 2.24) is 0 Å². The molecule has 14 heavy (non-hydrogen) atoms. The normalized spacial score (nSPS) is 17.2. The van der Waals surface area contributed by atoms with Crippen LogP contribution in [-0.2, 0) is 0 Å². The van der Waals surface area contributed by atoms with E-state index in [1.807, 2.05) is 0 Å². The largest absolute Gasteiger partial charge is 0.324 e. The maximum atomic E-state index is 10.4. The predicted molar refractivity (Wildman–Crippen MR) is 57.9 cm³/mol. The minimum Gasteiger partial charge on any atom is -0.324 e. The zero-order chi connectivity index (χ0) is 9.42. The minimum atomic E-state index is -0.367. The molecule has 1 aromatic heterocycles. The van der Waals surface area contributed by atoms with Crippen LogP contribution in [0.25, 0.3) is 0 Å². The first-order chi connectivity index (χ1) is 6.18. The van der Waals surface area contributed by atoms with Crippen molar-refractivity contribution in [2.45, 2.75) is 18.9 Å². The number of halogens is 1. The average molecular weight is 235 g/mol. The molecule has 78 valence electrons. The van der Waals surface area contributed by atoms with E-state index in [4.69, 9.17) is 5.73 Å². The molecule has 0 aliphatic heterocycles. The Hall–Kier alpha value is -0.650. The van der Waals surface area contributed by atoms with Crippen molar-refractivity contribution in [3.8, 4) is 0 Å². The fourth-order valence-electron chi connectivity index (χ4n) is 1.34. The first-order valence-electron chi connectivity index (χ1n) is 4.17. The van der Waals surface area contributed by atoms with Gasteiger partial charge in [0.25, 0.3) is 0 Å². The Kier molecular flexibility index (Phi) is 3.47. The Morgan fingerprint density at radius 1 is 1.64 bits per heavy atom. The highest BCUT2D eigenvalue weighted by Gasteiger charge is 2.30. The van der Waals surface area contributed by atoms with Crippen LogP contribution in [-0.4, -0.2) is 4.92 Å². The number of thiophene rings is 1. The number of hydrogen-bond acceptors (Lipinski definition) is 4. The molecule has 0 amide bonds. The number of nitro groups is 1. The maximum Gasteiger partial charge on any atom is 0.324 e. The molecule has 1 aromatic rings. The third-order valence-electron chi connectivity index (χ3n) is 2.30. The third kappa shape index (κ3) is 2.23. The molecule has 6 heteroatoms. The molecule has 0 spiro atoms. The van der Waals surface area contributed by atoms with E-state index >= 15 is 0 Å². The molecule has 0 unspecified atom stereocenters. The Morgan fingerprint density at radius 2 is 2.29 bits per heavy atom. The van der Waals surface area contributed by atoms with Gasteiger partial charge >= 0.3 is 5.00 Å². The van der Waals surface area contributed by atoms with Crippen LogP contribution in [0, 0.1) is 16.0 Å². The topological polar surface area (TPSA) is 69.2 Å². The molecule has 0 aromatic carbocycles. The van der Waals surface area contributed by atoms with E-state index in [9.17, 15) is 10.1 Å². The molecular formula is C8H11ClN2O2S. The van der Waals surface area contributed by atoms with Crippen LogP contribution >= 0.6 is 23.7 Å². The summed E-state index contributed by atoms with van der Waals surface area (Å²) in [5.41, 5.74) is 6.81. The molecule has 4 nitrogen and oxygen atoms in total. The van der Waals surface area contributed by atoms with Crippen LogP contribution in [0.15, 0.2) is 11.4 Å². The smallest absolute Gasteiger partial charge is 0.324 e. The van der Waals surface area contributed by atoms with E-state index in [0.717, 1.165) is 29.7 Å². The highest BCUT2D eigenvalue weighted by Crippen LogP contribution is 2.41. The first-order valence-corrected chi connectivity index (χ1v) is 5.05. The van der Waals surface area contributed by atoms with Gasteiger partial charge in [0.15, 0.2) is 0 Å². The highest BCUT2D eigenvalue weighted by molar-refractivity contribution is 7.13. The van der Waals surface area contributed by atoms with E-state index in [1.54, 1.807) is 11.4 Å². The Labute approximate surface area is 91.7 Å². The molecule has 1 fully saturated rings. The molecule has 2 N–H and O–H groups in total. The lowest BCUT2D eigenvalue weighted by Gasteiger charge is -2.05. The van der Waals surface area contributed by atoms with E-state index in [2.05, 4.69) is 0 Å². The van der Waals surface area contributed by atoms with Gasteiger partial charge in [-0.3, -0.25) is 10.1 Å². The molecule has 1 saturated carbocycles. The third-order valence-corrected chi connectivity index (χ3v) is 3.20. The van der Waals surface area contributed by atoms with Crippen molar-refractivity contribution in [2.24, 2.45) is 11.7 Å². The Morgan fingerprint density at radius 3 is 2.71 bits per heavy atom. The quantitative estimate of drug-likeness (QED) is 0.645. The molecule has 2 rings (SSSR count). The maximum absolute atomic E-state index is 10.4. The van der Waals surface area contributed by atoms with Gasteiger partial charge in [0.2, 0.25) is 0 Å². The summed E-state index contributed by atoms with van der Waals surface area (Å²) in [4.78, 5) is 10.0. The lowest BCUT2D eigenvalue weighted by Crippen LogP contribution is -2.10. The van der Waals surface area contributed by atoms with Crippen molar-refractivity contribution in [1.29, 1.82) is 0 Å². The second kappa shape index (κ2) is 4.25. The van der Waals surface area contributed by atoms with Gasteiger partial charge in [-0.2, -0.15) is 0 Å². The van der Waals surface area contributed by atoms with Crippen molar-refractivity contribution in [2.75, 3.05) is 0 Å². The van der Waals surface area contributed by atoms with Crippen LogP contribution in [0.3, 0.4) is 0 Å². The van der Waals surface area contributed by atoms with Gasteiger partial charge in [-0.15, -0.1) is 12.4 Å². The van der Waals surface area contributed by atoms with Gasteiger partial charge in [0.05, 0.1) is 4.92 Å². The molecule has 0 radical (unpaired) electrons. The summed E-state index contributed by atoms with van der Waals surface area (Å²) in [6.07, 6.45) is 2.32. The fraction of sp³-hybridized carbons (Fsp3) is 0.500. The Balaban J connectivity index is 0.000000980. The van der Waals surface area contributed by atoms with Gasteiger partial charge in [-0.25, -0.2) is 0 Å². The van der Waals surface area contributed by atoms with Gasteiger partial charge in [-0.05, 0) is 24.3 Å². The first kappa shape index (κ1) is 11.4.